The minimum Gasteiger partial charge on any atom is -0.464 e. The maximum Gasteiger partial charge on any atom is 0.410 e. The largest absolute Gasteiger partial charge is 0.464 e. The number of fused-ring (bicyclic) bond motifs is 2. The fraction of sp³-hybridized carbons (Fsp3) is 0.875. The second kappa shape index (κ2) is 6.86. The zero-order chi connectivity index (χ0) is 16.3. The molecule has 0 aromatic carbocycles. The lowest BCUT2D eigenvalue weighted by Gasteiger charge is -2.39. The Morgan fingerprint density at radius 2 is 1.73 bits per heavy atom. The molecule has 2 rings (SSSR count). The Balaban J connectivity index is 1.86. The number of carbonyl (C=O) groups excluding carboxylic acids is 2. The van der Waals surface area contributed by atoms with E-state index in [2.05, 4.69) is 0 Å². The van der Waals surface area contributed by atoms with Gasteiger partial charge in [-0.1, -0.05) is 0 Å². The molecule has 0 aliphatic carbocycles. The van der Waals surface area contributed by atoms with Crippen LogP contribution in [0.25, 0.3) is 0 Å². The average molecular weight is 313 g/mol. The molecule has 0 spiro atoms. The molecule has 2 fully saturated rings. The van der Waals surface area contributed by atoms with Crippen LogP contribution in [0.1, 0.15) is 53.4 Å². The van der Waals surface area contributed by atoms with Gasteiger partial charge in [0.25, 0.3) is 0 Å². The summed E-state index contributed by atoms with van der Waals surface area (Å²) in [5.41, 5.74) is -0.478. The first-order valence-electron chi connectivity index (χ1n) is 8.08. The molecule has 2 heterocycles. The van der Waals surface area contributed by atoms with Gasteiger partial charge in [-0.05, 0) is 53.4 Å². The van der Waals surface area contributed by atoms with Gasteiger partial charge in [0.2, 0.25) is 0 Å². The van der Waals surface area contributed by atoms with Crippen LogP contribution in [-0.4, -0.2) is 54.0 Å². The van der Waals surface area contributed by atoms with E-state index in [9.17, 15) is 9.59 Å². The first-order valence-corrected chi connectivity index (χ1v) is 8.08. The van der Waals surface area contributed by atoms with Gasteiger partial charge in [-0.2, -0.15) is 0 Å². The predicted molar refractivity (Wildman–Crippen MR) is 80.5 cm³/mol. The Labute approximate surface area is 132 Å². The quantitative estimate of drug-likeness (QED) is 0.746. The van der Waals surface area contributed by atoms with E-state index >= 15 is 0 Å². The summed E-state index contributed by atoms with van der Waals surface area (Å²) in [4.78, 5) is 25.6. The molecule has 22 heavy (non-hydrogen) atoms. The standard InChI is InChI=1S/C16H27NO5/c1-5-20-14(18)10-21-13-8-11-6-7-12(9-13)17(11)15(19)22-16(2,3)4/h11-13H,5-10H2,1-4H3. The highest BCUT2D eigenvalue weighted by Gasteiger charge is 2.45. The van der Waals surface area contributed by atoms with Crippen molar-refractivity contribution in [3.63, 3.8) is 0 Å². The van der Waals surface area contributed by atoms with Crippen LogP contribution in [0, 0.1) is 0 Å². The molecule has 0 aromatic rings. The van der Waals surface area contributed by atoms with Crippen LogP contribution < -0.4 is 0 Å². The first-order chi connectivity index (χ1) is 10.3. The van der Waals surface area contributed by atoms with Crippen molar-refractivity contribution in [1.29, 1.82) is 0 Å². The van der Waals surface area contributed by atoms with E-state index in [1.807, 2.05) is 25.7 Å². The Morgan fingerprint density at radius 3 is 2.23 bits per heavy atom. The summed E-state index contributed by atoms with van der Waals surface area (Å²) in [6.07, 6.45) is 3.25. The van der Waals surface area contributed by atoms with Crippen LogP contribution in [0.5, 0.6) is 0 Å². The maximum atomic E-state index is 12.3. The van der Waals surface area contributed by atoms with Crippen molar-refractivity contribution >= 4 is 12.1 Å². The third-order valence-electron chi connectivity index (χ3n) is 4.04. The average Bonchev–Trinajstić information content (AvgIpc) is 2.66. The summed E-state index contributed by atoms with van der Waals surface area (Å²) in [7, 11) is 0. The minimum absolute atomic E-state index is 0.00954. The molecular formula is C16H27NO5. The lowest BCUT2D eigenvalue weighted by molar-refractivity contribution is -0.152. The fourth-order valence-corrected chi connectivity index (χ4v) is 3.26. The van der Waals surface area contributed by atoms with E-state index in [0.717, 1.165) is 25.7 Å². The number of nitrogens with zero attached hydrogens (tertiary/aromatic N) is 1. The summed E-state index contributed by atoms with van der Waals surface area (Å²) in [6.45, 7) is 7.76. The molecule has 6 nitrogen and oxygen atoms in total. The summed E-state index contributed by atoms with van der Waals surface area (Å²) in [6, 6.07) is 0.307. The molecule has 126 valence electrons. The molecule has 0 aromatic heterocycles. The molecule has 1 amide bonds. The van der Waals surface area contributed by atoms with Gasteiger partial charge in [-0.25, -0.2) is 9.59 Å². The van der Waals surface area contributed by atoms with Gasteiger partial charge in [0, 0.05) is 12.1 Å². The van der Waals surface area contributed by atoms with Gasteiger partial charge in [-0.3, -0.25) is 0 Å². The Bertz CT molecular complexity index is 403. The SMILES string of the molecule is CCOC(=O)COC1CC2CCC(C1)N2C(=O)OC(C)(C)C. The van der Waals surface area contributed by atoms with Crippen molar-refractivity contribution in [1.82, 2.24) is 4.90 Å². The first kappa shape index (κ1) is 17.1. The van der Waals surface area contributed by atoms with E-state index in [0.29, 0.717) is 6.61 Å². The van der Waals surface area contributed by atoms with Crippen molar-refractivity contribution in [2.75, 3.05) is 13.2 Å². The number of rotatable bonds is 4. The van der Waals surface area contributed by atoms with Gasteiger partial charge in [0.15, 0.2) is 0 Å². The Morgan fingerprint density at radius 1 is 1.14 bits per heavy atom. The number of esters is 1. The number of hydrogen-bond donors (Lipinski definition) is 0. The summed E-state index contributed by atoms with van der Waals surface area (Å²) < 4.78 is 16.0. The third-order valence-corrected chi connectivity index (χ3v) is 4.04. The monoisotopic (exact) mass is 313 g/mol. The highest BCUT2D eigenvalue weighted by atomic mass is 16.6. The number of amides is 1. The molecule has 2 unspecified atom stereocenters. The number of piperidine rings is 1. The molecule has 6 heteroatoms. The second-order valence-corrected chi connectivity index (χ2v) is 6.98. The van der Waals surface area contributed by atoms with Crippen molar-refractivity contribution in [2.45, 2.75) is 77.2 Å². The number of hydrogen-bond acceptors (Lipinski definition) is 5. The molecular weight excluding hydrogens is 286 g/mol. The van der Waals surface area contributed by atoms with Crippen LogP contribution in [0.3, 0.4) is 0 Å². The normalized spacial score (nSPS) is 27.6. The summed E-state index contributed by atoms with van der Waals surface area (Å²) in [5, 5.41) is 0. The molecule has 2 saturated heterocycles. The summed E-state index contributed by atoms with van der Waals surface area (Å²) >= 11 is 0. The highest BCUT2D eigenvalue weighted by Crippen LogP contribution is 2.37. The Hall–Kier alpha value is -1.30. The second-order valence-electron chi connectivity index (χ2n) is 6.98. The molecule has 2 aliphatic rings. The molecule has 2 aliphatic heterocycles. The molecule has 2 atom stereocenters. The van der Waals surface area contributed by atoms with Gasteiger partial charge in [0.05, 0.1) is 12.7 Å². The molecule has 0 radical (unpaired) electrons. The lowest BCUT2D eigenvalue weighted by Crippen LogP contribution is -2.50. The zero-order valence-corrected chi connectivity index (χ0v) is 14.0. The van der Waals surface area contributed by atoms with Crippen LogP contribution in [0.4, 0.5) is 4.79 Å². The molecule has 0 N–H and O–H groups in total. The van der Waals surface area contributed by atoms with E-state index < -0.39 is 5.60 Å². The van der Waals surface area contributed by atoms with Crippen molar-refractivity contribution in [3.8, 4) is 0 Å². The fourth-order valence-electron chi connectivity index (χ4n) is 3.26. The van der Waals surface area contributed by atoms with Crippen molar-refractivity contribution < 1.29 is 23.8 Å². The van der Waals surface area contributed by atoms with Crippen LogP contribution in [0.2, 0.25) is 0 Å². The lowest BCUT2D eigenvalue weighted by atomic mass is 10.0. The zero-order valence-electron chi connectivity index (χ0n) is 14.0. The van der Waals surface area contributed by atoms with Crippen LogP contribution in [0.15, 0.2) is 0 Å². The van der Waals surface area contributed by atoms with Gasteiger partial charge in [-0.15, -0.1) is 0 Å². The van der Waals surface area contributed by atoms with Crippen LogP contribution in [-0.2, 0) is 19.0 Å². The van der Waals surface area contributed by atoms with Gasteiger partial charge >= 0.3 is 12.1 Å². The van der Waals surface area contributed by atoms with E-state index in [1.165, 1.54) is 0 Å². The van der Waals surface area contributed by atoms with E-state index in [-0.39, 0.29) is 36.9 Å². The Kier molecular flexibility index (Phi) is 5.32. The van der Waals surface area contributed by atoms with E-state index in [1.54, 1.807) is 6.92 Å². The molecule has 0 saturated carbocycles. The number of ether oxygens (including phenoxy) is 3. The number of carbonyl (C=O) groups is 2. The van der Waals surface area contributed by atoms with Crippen molar-refractivity contribution in [2.24, 2.45) is 0 Å². The topological polar surface area (TPSA) is 65.1 Å². The minimum atomic E-state index is -0.478. The summed E-state index contributed by atoms with van der Waals surface area (Å²) in [5.74, 6) is -0.329. The van der Waals surface area contributed by atoms with Crippen molar-refractivity contribution in [3.05, 3.63) is 0 Å². The maximum absolute atomic E-state index is 12.3. The highest BCUT2D eigenvalue weighted by molar-refractivity contribution is 5.71. The van der Waals surface area contributed by atoms with E-state index in [4.69, 9.17) is 14.2 Å². The molecule has 2 bridgehead atoms. The van der Waals surface area contributed by atoms with Gasteiger partial charge < -0.3 is 19.1 Å². The van der Waals surface area contributed by atoms with Gasteiger partial charge in [0.1, 0.15) is 12.2 Å². The van der Waals surface area contributed by atoms with Crippen LogP contribution >= 0.6 is 0 Å². The predicted octanol–water partition coefficient (Wildman–Crippen LogP) is 2.50. The smallest absolute Gasteiger partial charge is 0.410 e. The third kappa shape index (κ3) is 4.35.